The van der Waals surface area contributed by atoms with Crippen LogP contribution in [0.1, 0.15) is 11.3 Å². The van der Waals surface area contributed by atoms with E-state index < -0.39 is 0 Å². The molecule has 0 amide bonds. The second-order valence-electron chi connectivity index (χ2n) is 3.77. The zero-order valence-corrected chi connectivity index (χ0v) is 11.3. The molecule has 2 N–H and O–H groups in total. The van der Waals surface area contributed by atoms with Crippen LogP contribution in [0.2, 0.25) is 0 Å². The Morgan fingerprint density at radius 2 is 2.18 bits per heavy atom. The van der Waals surface area contributed by atoms with E-state index in [1.54, 1.807) is 7.11 Å². The van der Waals surface area contributed by atoms with Crippen LogP contribution in [-0.2, 0) is 11.3 Å². The molecule has 1 aromatic heterocycles. The number of hydrogen-bond acceptors (Lipinski definition) is 4. The molecule has 2 rings (SSSR count). The summed E-state index contributed by atoms with van der Waals surface area (Å²) in [5, 5.41) is 1.01. The molecule has 5 heteroatoms. The number of methoxy groups -OCH3 is 1. The summed E-state index contributed by atoms with van der Waals surface area (Å²) in [6, 6.07) is 3.92. The van der Waals surface area contributed by atoms with Crippen LogP contribution in [0.3, 0.4) is 0 Å². The number of hydrogen-bond donors (Lipinski definition) is 1. The van der Waals surface area contributed by atoms with Gasteiger partial charge in [-0.15, -0.1) is 0 Å². The van der Waals surface area contributed by atoms with E-state index in [2.05, 4.69) is 20.8 Å². The number of furan rings is 1. The molecule has 0 bridgehead atoms. The van der Waals surface area contributed by atoms with Gasteiger partial charge in [0.25, 0.3) is 0 Å². The van der Waals surface area contributed by atoms with Crippen LogP contribution in [0, 0.1) is 6.92 Å². The van der Waals surface area contributed by atoms with Gasteiger partial charge in [-0.05, 0) is 47.0 Å². The van der Waals surface area contributed by atoms with Gasteiger partial charge in [-0.25, -0.2) is 5.90 Å². The van der Waals surface area contributed by atoms with E-state index >= 15 is 0 Å². The summed E-state index contributed by atoms with van der Waals surface area (Å²) in [5.41, 5.74) is 1.84. The lowest BCUT2D eigenvalue weighted by molar-refractivity contribution is 0.141. The van der Waals surface area contributed by atoms with Gasteiger partial charge in [0.15, 0.2) is 11.3 Å². The molecule has 0 fully saturated rings. The maximum absolute atomic E-state index is 5.62. The van der Waals surface area contributed by atoms with Crippen molar-refractivity contribution >= 4 is 26.9 Å². The van der Waals surface area contributed by atoms with E-state index in [0.717, 1.165) is 32.5 Å². The van der Waals surface area contributed by atoms with E-state index in [1.807, 2.05) is 19.1 Å². The first-order chi connectivity index (χ1) is 8.17. The average Bonchev–Trinajstić information content (AvgIpc) is 2.71. The first-order valence-electron chi connectivity index (χ1n) is 5.24. The van der Waals surface area contributed by atoms with Gasteiger partial charge in [0.1, 0.15) is 5.76 Å². The number of halogens is 1. The van der Waals surface area contributed by atoms with Crippen LogP contribution in [-0.4, -0.2) is 13.7 Å². The molecule has 2 aromatic rings. The van der Waals surface area contributed by atoms with E-state index in [0.29, 0.717) is 13.0 Å². The Kier molecular flexibility index (Phi) is 3.71. The van der Waals surface area contributed by atoms with Crippen LogP contribution in [0.5, 0.6) is 5.75 Å². The lowest BCUT2D eigenvalue weighted by atomic mass is 10.1. The Bertz CT molecular complexity index is 536. The first kappa shape index (κ1) is 12.4. The summed E-state index contributed by atoms with van der Waals surface area (Å²) >= 11 is 3.58. The maximum atomic E-state index is 5.62. The molecule has 0 saturated heterocycles. The fraction of sp³-hybridized carbons (Fsp3) is 0.333. The van der Waals surface area contributed by atoms with Crippen LogP contribution >= 0.6 is 15.9 Å². The topological polar surface area (TPSA) is 57.6 Å². The van der Waals surface area contributed by atoms with Gasteiger partial charge in [0.2, 0.25) is 0 Å². The minimum atomic E-state index is 0.462. The highest BCUT2D eigenvalue weighted by molar-refractivity contribution is 9.10. The van der Waals surface area contributed by atoms with Crippen molar-refractivity contribution in [3.8, 4) is 5.75 Å². The fourth-order valence-corrected chi connectivity index (χ4v) is 2.43. The molecule has 0 saturated carbocycles. The monoisotopic (exact) mass is 299 g/mol. The SMILES string of the molecule is COc1cc(CCON)c(Br)c2cc(C)oc12. The number of fused-ring (bicyclic) bond motifs is 1. The summed E-state index contributed by atoms with van der Waals surface area (Å²) in [6.07, 6.45) is 0.716. The van der Waals surface area contributed by atoms with Crippen molar-refractivity contribution in [2.75, 3.05) is 13.7 Å². The molecule has 0 atom stereocenters. The quantitative estimate of drug-likeness (QED) is 0.882. The van der Waals surface area contributed by atoms with Gasteiger partial charge in [-0.3, -0.25) is 0 Å². The van der Waals surface area contributed by atoms with Crippen molar-refractivity contribution in [3.05, 3.63) is 27.9 Å². The van der Waals surface area contributed by atoms with Gasteiger partial charge in [-0.1, -0.05) is 0 Å². The zero-order chi connectivity index (χ0) is 12.4. The summed E-state index contributed by atoms with van der Waals surface area (Å²) < 4.78 is 12.0. The number of ether oxygens (including phenoxy) is 1. The van der Waals surface area contributed by atoms with Gasteiger partial charge in [-0.2, -0.15) is 0 Å². The van der Waals surface area contributed by atoms with Crippen molar-refractivity contribution in [2.45, 2.75) is 13.3 Å². The molecule has 17 heavy (non-hydrogen) atoms. The van der Waals surface area contributed by atoms with Gasteiger partial charge < -0.3 is 14.0 Å². The van der Waals surface area contributed by atoms with E-state index in [9.17, 15) is 0 Å². The molecule has 1 heterocycles. The van der Waals surface area contributed by atoms with Crippen molar-refractivity contribution in [1.82, 2.24) is 0 Å². The molecular formula is C12H14BrNO3. The molecular weight excluding hydrogens is 286 g/mol. The van der Waals surface area contributed by atoms with Gasteiger partial charge in [0, 0.05) is 9.86 Å². The summed E-state index contributed by atoms with van der Waals surface area (Å²) in [5.74, 6) is 6.63. The predicted molar refractivity (Wildman–Crippen MR) is 69.0 cm³/mol. The summed E-state index contributed by atoms with van der Waals surface area (Å²) in [7, 11) is 1.63. The smallest absolute Gasteiger partial charge is 0.177 e. The summed E-state index contributed by atoms with van der Waals surface area (Å²) in [4.78, 5) is 4.61. The Labute approximate surface area is 108 Å². The third kappa shape index (κ3) is 2.31. The van der Waals surface area contributed by atoms with E-state index in [-0.39, 0.29) is 0 Å². The Hall–Kier alpha value is -1.04. The third-order valence-electron chi connectivity index (χ3n) is 2.61. The minimum absolute atomic E-state index is 0.462. The number of aryl methyl sites for hydroxylation is 1. The maximum Gasteiger partial charge on any atom is 0.177 e. The fourth-order valence-electron chi connectivity index (χ4n) is 1.82. The minimum Gasteiger partial charge on any atom is -0.493 e. The highest BCUT2D eigenvalue weighted by Crippen LogP contribution is 2.37. The lowest BCUT2D eigenvalue weighted by Crippen LogP contribution is -2.04. The van der Waals surface area contributed by atoms with Gasteiger partial charge >= 0.3 is 0 Å². The van der Waals surface area contributed by atoms with Crippen LogP contribution in [0.4, 0.5) is 0 Å². The zero-order valence-electron chi connectivity index (χ0n) is 9.75. The standard InChI is InChI=1S/C12H14BrNO3/c1-7-5-9-11(13)8(3-4-16-14)6-10(15-2)12(9)17-7/h5-6H,3-4,14H2,1-2H3. The lowest BCUT2D eigenvalue weighted by Gasteiger charge is -2.08. The normalized spacial score (nSPS) is 11.1. The predicted octanol–water partition coefficient (Wildman–Crippen LogP) is 2.95. The van der Waals surface area contributed by atoms with Crippen LogP contribution < -0.4 is 10.6 Å². The molecule has 0 aliphatic heterocycles. The van der Waals surface area contributed by atoms with E-state index in [1.165, 1.54) is 0 Å². The molecule has 0 aliphatic carbocycles. The van der Waals surface area contributed by atoms with Crippen molar-refractivity contribution in [2.24, 2.45) is 5.90 Å². The Morgan fingerprint density at radius 1 is 1.41 bits per heavy atom. The van der Waals surface area contributed by atoms with Crippen LogP contribution in [0.25, 0.3) is 11.0 Å². The first-order valence-corrected chi connectivity index (χ1v) is 6.04. The van der Waals surface area contributed by atoms with E-state index in [4.69, 9.17) is 15.1 Å². The highest BCUT2D eigenvalue weighted by Gasteiger charge is 2.14. The number of rotatable bonds is 4. The van der Waals surface area contributed by atoms with Crippen LogP contribution in [0.15, 0.2) is 21.0 Å². The molecule has 1 aromatic carbocycles. The Morgan fingerprint density at radius 3 is 2.82 bits per heavy atom. The molecule has 0 aliphatic rings. The Balaban J connectivity index is 2.58. The largest absolute Gasteiger partial charge is 0.493 e. The van der Waals surface area contributed by atoms with Crippen molar-refractivity contribution in [1.29, 1.82) is 0 Å². The average molecular weight is 300 g/mol. The second kappa shape index (κ2) is 5.08. The van der Waals surface area contributed by atoms with Crippen molar-refractivity contribution < 1.29 is 14.0 Å². The molecule has 0 unspecified atom stereocenters. The molecule has 92 valence electrons. The third-order valence-corrected chi connectivity index (χ3v) is 3.55. The number of nitrogens with two attached hydrogens (primary N) is 1. The van der Waals surface area contributed by atoms with Crippen molar-refractivity contribution in [3.63, 3.8) is 0 Å². The second-order valence-corrected chi connectivity index (χ2v) is 4.57. The molecule has 0 spiro atoms. The summed E-state index contributed by atoms with van der Waals surface area (Å²) in [6.45, 7) is 2.37. The molecule has 4 nitrogen and oxygen atoms in total. The number of benzene rings is 1. The van der Waals surface area contributed by atoms with Gasteiger partial charge in [0.05, 0.1) is 13.7 Å². The molecule has 0 radical (unpaired) electrons. The highest BCUT2D eigenvalue weighted by atomic mass is 79.9.